The Kier molecular flexibility index (Phi) is 7.24. The Labute approximate surface area is 220 Å². The van der Waals surface area contributed by atoms with Crippen LogP contribution >= 0.6 is 11.6 Å². The van der Waals surface area contributed by atoms with E-state index in [1.807, 2.05) is 31.3 Å². The van der Waals surface area contributed by atoms with E-state index < -0.39 is 13.9 Å². The lowest BCUT2D eigenvalue weighted by Gasteiger charge is -2.38. The van der Waals surface area contributed by atoms with Crippen molar-refractivity contribution >= 4 is 44.6 Å². The number of aromatic amines is 1. The quantitative estimate of drug-likeness (QED) is 0.255. The molecule has 1 aromatic heterocycles. The number of piperazine rings is 1. The van der Waals surface area contributed by atoms with Crippen LogP contribution in [0.15, 0.2) is 58.7 Å². The predicted octanol–water partition coefficient (Wildman–Crippen LogP) is 2.30. The first-order valence-corrected chi connectivity index (χ1v) is 13.8. The van der Waals surface area contributed by atoms with Gasteiger partial charge in [0.2, 0.25) is 0 Å². The van der Waals surface area contributed by atoms with Gasteiger partial charge < -0.3 is 19.8 Å². The standard InChI is InChI=1S/C25H28ClN5O5S/c1-30(15-25-35-9-10-36-25)28-14-18-3-2-4-19(11-18)16-31(8-7-27-23(32)17-31)37(33,34)24-13-20-12-21(26)5-6-22(20)29-24/h2-6,11-14,25,29H,7-10,15-17H2,1H3/p+1. The van der Waals surface area contributed by atoms with Gasteiger partial charge in [-0.3, -0.25) is 9.80 Å². The molecule has 1 amide bonds. The molecule has 2 aliphatic heterocycles. The molecule has 3 aromatic rings. The highest BCUT2D eigenvalue weighted by molar-refractivity contribution is 7.85. The van der Waals surface area contributed by atoms with Crippen LogP contribution in [0.25, 0.3) is 10.9 Å². The van der Waals surface area contributed by atoms with E-state index in [1.54, 1.807) is 35.5 Å². The molecule has 0 aliphatic carbocycles. The minimum atomic E-state index is -3.97. The highest BCUT2D eigenvalue weighted by Gasteiger charge is 2.47. The maximum atomic E-state index is 14.0. The summed E-state index contributed by atoms with van der Waals surface area (Å²) in [6, 6.07) is 14.3. The van der Waals surface area contributed by atoms with E-state index in [0.717, 1.165) is 11.1 Å². The van der Waals surface area contributed by atoms with Crippen LogP contribution in [-0.4, -0.2) is 87.2 Å². The summed E-state index contributed by atoms with van der Waals surface area (Å²) in [5, 5.41) is 10.2. The Morgan fingerprint density at radius 3 is 2.78 bits per heavy atom. The summed E-state index contributed by atoms with van der Waals surface area (Å²) < 4.78 is 38.6. The van der Waals surface area contributed by atoms with E-state index in [1.165, 1.54) is 0 Å². The van der Waals surface area contributed by atoms with Crippen molar-refractivity contribution in [1.29, 1.82) is 0 Å². The molecule has 1 unspecified atom stereocenters. The maximum absolute atomic E-state index is 14.0. The number of carbonyl (C=O) groups excluding carboxylic acids is 1. The fraction of sp³-hybridized carbons (Fsp3) is 0.360. The molecule has 2 aromatic carbocycles. The molecule has 10 nitrogen and oxygen atoms in total. The Hall–Kier alpha value is -2.96. The Morgan fingerprint density at radius 2 is 2.00 bits per heavy atom. The number of carbonyl (C=O) groups is 1. The second-order valence-electron chi connectivity index (χ2n) is 9.29. The number of likely N-dealkylation sites (N-methyl/N-ethyl adjacent to an activating group) is 1. The normalized spacial score (nSPS) is 21.1. The minimum Gasteiger partial charge on any atom is -0.348 e. The topological polar surface area (TPSA) is 113 Å². The summed E-state index contributed by atoms with van der Waals surface area (Å²) >= 11 is 6.10. The molecule has 5 rings (SSSR count). The number of aromatic nitrogens is 1. The van der Waals surface area contributed by atoms with Gasteiger partial charge in [0.15, 0.2) is 17.9 Å². The summed E-state index contributed by atoms with van der Waals surface area (Å²) in [6.07, 6.45) is 1.41. The molecule has 2 N–H and O–H groups in total. The number of fused-ring (bicyclic) bond motifs is 1. The first-order chi connectivity index (χ1) is 17.7. The number of quaternary nitrogens is 1. The van der Waals surface area contributed by atoms with Crippen LogP contribution in [-0.2, 0) is 30.8 Å². The second-order valence-corrected chi connectivity index (χ2v) is 11.9. The average Bonchev–Trinajstić information content (AvgIpc) is 3.53. The number of rotatable bonds is 8. The number of hydrogen-bond acceptors (Lipinski definition) is 7. The predicted molar refractivity (Wildman–Crippen MR) is 140 cm³/mol. The van der Waals surface area contributed by atoms with Gasteiger partial charge in [-0.2, -0.15) is 17.4 Å². The number of benzene rings is 2. The zero-order valence-electron chi connectivity index (χ0n) is 20.4. The van der Waals surface area contributed by atoms with E-state index >= 15 is 0 Å². The maximum Gasteiger partial charge on any atom is 0.343 e. The number of sulfonamides is 1. The highest BCUT2D eigenvalue weighted by Crippen LogP contribution is 2.31. The number of nitrogens with one attached hydrogen (secondary N) is 2. The van der Waals surface area contributed by atoms with Crippen molar-refractivity contribution in [2.45, 2.75) is 17.9 Å². The summed E-state index contributed by atoms with van der Waals surface area (Å²) in [6.45, 7) is 2.12. The third-order valence-electron chi connectivity index (χ3n) is 6.55. The van der Waals surface area contributed by atoms with E-state index in [2.05, 4.69) is 15.4 Å². The summed E-state index contributed by atoms with van der Waals surface area (Å²) in [4.78, 5) is 15.5. The van der Waals surface area contributed by atoms with Gasteiger partial charge in [0.25, 0.3) is 5.91 Å². The van der Waals surface area contributed by atoms with Gasteiger partial charge in [0, 0.05) is 28.5 Å². The van der Waals surface area contributed by atoms with Gasteiger partial charge in [-0.25, -0.2) is 0 Å². The van der Waals surface area contributed by atoms with Crippen LogP contribution in [0, 0.1) is 0 Å². The zero-order chi connectivity index (χ0) is 26.0. The molecule has 2 fully saturated rings. The van der Waals surface area contributed by atoms with Crippen molar-refractivity contribution < 1.29 is 26.6 Å². The number of hydrazone groups is 1. The molecule has 196 valence electrons. The number of halogens is 1. The van der Waals surface area contributed by atoms with Crippen LogP contribution in [0.1, 0.15) is 11.1 Å². The Bertz CT molecular complexity index is 1440. The van der Waals surface area contributed by atoms with Crippen molar-refractivity contribution in [2.75, 3.05) is 46.4 Å². The number of H-pyrrole nitrogens is 1. The Morgan fingerprint density at radius 1 is 1.19 bits per heavy atom. The van der Waals surface area contributed by atoms with Crippen molar-refractivity contribution in [3.63, 3.8) is 0 Å². The molecule has 3 heterocycles. The molecule has 2 aliphatic rings. The number of amides is 1. The van der Waals surface area contributed by atoms with E-state index in [-0.39, 0.29) is 43.4 Å². The summed E-state index contributed by atoms with van der Waals surface area (Å²) in [5.41, 5.74) is 2.26. The number of ether oxygens (including phenoxy) is 2. The lowest BCUT2D eigenvalue weighted by molar-refractivity contribution is -0.814. The van der Waals surface area contributed by atoms with E-state index in [0.29, 0.717) is 35.7 Å². The number of hydrogen-bond donors (Lipinski definition) is 2. The van der Waals surface area contributed by atoms with Gasteiger partial charge in [-0.1, -0.05) is 29.8 Å². The fourth-order valence-corrected chi connectivity index (χ4v) is 6.74. The molecule has 0 bridgehead atoms. The second kappa shape index (κ2) is 10.4. The van der Waals surface area contributed by atoms with Crippen LogP contribution in [0.2, 0.25) is 5.02 Å². The average molecular weight is 547 g/mol. The molecule has 37 heavy (non-hydrogen) atoms. The SMILES string of the molecule is CN(CC1OCCO1)N=Cc1cccc(C[N+]2(S(=O)(=O)c3cc4cc(Cl)ccc4[nH]3)CCNC(=O)C2)c1. The molecule has 0 spiro atoms. The van der Waals surface area contributed by atoms with Gasteiger partial charge >= 0.3 is 10.0 Å². The highest BCUT2D eigenvalue weighted by atomic mass is 35.5. The molecule has 12 heteroatoms. The van der Waals surface area contributed by atoms with Crippen LogP contribution in [0.3, 0.4) is 0 Å². The van der Waals surface area contributed by atoms with Gasteiger partial charge in [0.1, 0.15) is 13.1 Å². The summed E-state index contributed by atoms with van der Waals surface area (Å²) in [5.74, 6) is -0.301. The van der Waals surface area contributed by atoms with Gasteiger partial charge in [-0.05, 0) is 35.9 Å². The van der Waals surface area contributed by atoms with Crippen molar-refractivity contribution in [1.82, 2.24) is 15.3 Å². The van der Waals surface area contributed by atoms with Crippen molar-refractivity contribution in [2.24, 2.45) is 5.10 Å². The van der Waals surface area contributed by atoms with Crippen molar-refractivity contribution in [3.05, 3.63) is 64.7 Å². The smallest absolute Gasteiger partial charge is 0.343 e. The molecule has 2 saturated heterocycles. The fourth-order valence-electron chi connectivity index (χ4n) is 4.69. The Balaban J connectivity index is 1.42. The monoisotopic (exact) mass is 546 g/mol. The zero-order valence-corrected chi connectivity index (χ0v) is 22.0. The molecule has 0 saturated carbocycles. The van der Waals surface area contributed by atoms with Crippen LogP contribution < -0.4 is 5.32 Å². The minimum absolute atomic E-state index is 0.0650. The molecule has 0 radical (unpaired) electrons. The third-order valence-corrected chi connectivity index (χ3v) is 9.02. The summed E-state index contributed by atoms with van der Waals surface area (Å²) in [7, 11) is -2.14. The molecular formula is C25H29ClN5O5S+. The van der Waals surface area contributed by atoms with Crippen LogP contribution in [0.5, 0.6) is 0 Å². The first-order valence-electron chi connectivity index (χ1n) is 12.0. The third kappa shape index (κ3) is 5.51. The lowest BCUT2D eigenvalue weighted by atomic mass is 10.1. The van der Waals surface area contributed by atoms with Gasteiger partial charge in [0.05, 0.1) is 32.5 Å². The van der Waals surface area contributed by atoms with E-state index in [9.17, 15) is 13.2 Å². The van der Waals surface area contributed by atoms with Crippen LogP contribution in [0.4, 0.5) is 0 Å². The molecule has 1 atom stereocenters. The van der Waals surface area contributed by atoms with Gasteiger partial charge in [-0.15, -0.1) is 0 Å². The first kappa shape index (κ1) is 25.7. The molecular weight excluding hydrogens is 518 g/mol. The van der Waals surface area contributed by atoms with Crippen molar-refractivity contribution in [3.8, 4) is 0 Å². The number of nitrogens with zero attached hydrogens (tertiary/aromatic N) is 3. The van der Waals surface area contributed by atoms with E-state index in [4.69, 9.17) is 21.1 Å². The largest absolute Gasteiger partial charge is 0.348 e. The lowest BCUT2D eigenvalue weighted by Crippen LogP contribution is -2.62.